The van der Waals surface area contributed by atoms with E-state index in [0.717, 1.165) is 0 Å². The molecule has 0 heterocycles. The minimum absolute atomic E-state index is 0.118. The highest BCUT2D eigenvalue weighted by Crippen LogP contribution is 2.30. The second-order valence-corrected chi connectivity index (χ2v) is 3.06. The molecule has 0 bridgehead atoms. The zero-order valence-electron chi connectivity index (χ0n) is 8.58. The van der Waals surface area contributed by atoms with Crippen LogP contribution >= 0.6 is 0 Å². The van der Waals surface area contributed by atoms with E-state index in [9.17, 15) is 15.2 Å². The number of aliphatic hydroxyl groups is 1. The average Bonchev–Trinajstić information content (AvgIpc) is 2.28. The Morgan fingerprint density at radius 2 is 2.38 bits per heavy atom. The number of nitriles is 1. The molecule has 0 amide bonds. The van der Waals surface area contributed by atoms with E-state index in [4.69, 9.17) is 10.00 Å². The van der Waals surface area contributed by atoms with Gasteiger partial charge in [-0.25, -0.2) is 0 Å². The van der Waals surface area contributed by atoms with E-state index in [1.807, 2.05) is 0 Å². The molecule has 0 aliphatic heterocycles. The molecular weight excluding hydrogens is 212 g/mol. The van der Waals surface area contributed by atoms with Crippen LogP contribution in [-0.2, 0) is 0 Å². The van der Waals surface area contributed by atoms with Crippen LogP contribution in [0.25, 0.3) is 0 Å². The number of hydrogen-bond donors (Lipinski definition) is 1. The fourth-order valence-electron chi connectivity index (χ4n) is 1.29. The van der Waals surface area contributed by atoms with Crippen LogP contribution in [0.4, 0.5) is 5.69 Å². The number of aliphatic hydroxyl groups excluding tert-OH is 1. The second-order valence-electron chi connectivity index (χ2n) is 3.06. The zero-order valence-corrected chi connectivity index (χ0v) is 8.58. The molecular formula is C10H10N2O4. The lowest BCUT2D eigenvalue weighted by atomic mass is 10.0. The third kappa shape index (κ3) is 2.46. The summed E-state index contributed by atoms with van der Waals surface area (Å²) in [4.78, 5) is 10.1. The maximum atomic E-state index is 10.8. The molecule has 0 aromatic heterocycles. The van der Waals surface area contributed by atoms with Gasteiger partial charge in [0.15, 0.2) is 0 Å². The first kappa shape index (κ1) is 11.9. The van der Waals surface area contributed by atoms with Crippen molar-refractivity contribution >= 4 is 5.69 Å². The van der Waals surface area contributed by atoms with Gasteiger partial charge in [0.1, 0.15) is 5.75 Å². The van der Waals surface area contributed by atoms with Crippen LogP contribution in [0.3, 0.4) is 0 Å². The van der Waals surface area contributed by atoms with Crippen LogP contribution in [0, 0.1) is 21.4 Å². The Bertz CT molecular complexity index is 439. The Morgan fingerprint density at radius 1 is 1.69 bits per heavy atom. The summed E-state index contributed by atoms with van der Waals surface area (Å²) in [5.74, 6) is 0.333. The van der Waals surface area contributed by atoms with Gasteiger partial charge in [-0.1, -0.05) is 0 Å². The molecule has 1 aromatic rings. The fourth-order valence-corrected chi connectivity index (χ4v) is 1.29. The van der Waals surface area contributed by atoms with Gasteiger partial charge in [-0.3, -0.25) is 10.1 Å². The highest BCUT2D eigenvalue weighted by Gasteiger charge is 2.20. The first-order valence-corrected chi connectivity index (χ1v) is 4.47. The molecule has 1 atom stereocenters. The summed E-state index contributed by atoms with van der Waals surface area (Å²) in [5, 5.41) is 28.7. The van der Waals surface area contributed by atoms with Gasteiger partial charge in [-0.2, -0.15) is 5.26 Å². The van der Waals surface area contributed by atoms with Crippen molar-refractivity contribution in [3.63, 3.8) is 0 Å². The Hall–Kier alpha value is -2.13. The Morgan fingerprint density at radius 3 is 2.88 bits per heavy atom. The van der Waals surface area contributed by atoms with Gasteiger partial charge < -0.3 is 9.84 Å². The van der Waals surface area contributed by atoms with Crippen LogP contribution in [-0.4, -0.2) is 17.1 Å². The molecule has 0 saturated carbocycles. The molecule has 1 unspecified atom stereocenters. The van der Waals surface area contributed by atoms with E-state index in [2.05, 4.69) is 0 Å². The third-order valence-electron chi connectivity index (χ3n) is 2.08. The van der Waals surface area contributed by atoms with Crippen molar-refractivity contribution in [2.45, 2.75) is 12.5 Å². The Labute approximate surface area is 91.8 Å². The molecule has 1 rings (SSSR count). The van der Waals surface area contributed by atoms with Crippen molar-refractivity contribution in [3.05, 3.63) is 33.9 Å². The number of nitro benzene ring substituents is 1. The third-order valence-corrected chi connectivity index (χ3v) is 2.08. The first-order chi connectivity index (χ1) is 7.60. The second kappa shape index (κ2) is 5.09. The lowest BCUT2D eigenvalue weighted by Crippen LogP contribution is -2.02. The zero-order chi connectivity index (χ0) is 12.1. The molecule has 16 heavy (non-hydrogen) atoms. The maximum absolute atomic E-state index is 10.8. The van der Waals surface area contributed by atoms with Crippen LogP contribution in [0.1, 0.15) is 18.1 Å². The molecule has 84 valence electrons. The summed E-state index contributed by atoms with van der Waals surface area (Å²) in [6.07, 6.45) is -1.34. The molecule has 6 heteroatoms. The summed E-state index contributed by atoms with van der Waals surface area (Å²) in [6, 6.07) is 5.87. The Kier molecular flexibility index (Phi) is 3.80. The molecule has 0 saturated heterocycles. The quantitative estimate of drug-likeness (QED) is 0.615. The van der Waals surface area contributed by atoms with E-state index in [1.165, 1.54) is 25.3 Å². The van der Waals surface area contributed by atoms with Gasteiger partial charge in [0.25, 0.3) is 5.69 Å². The van der Waals surface area contributed by atoms with E-state index < -0.39 is 11.0 Å². The highest BCUT2D eigenvalue weighted by molar-refractivity contribution is 5.47. The summed E-state index contributed by atoms with van der Waals surface area (Å²) in [7, 11) is 1.39. The molecule has 0 aliphatic carbocycles. The monoisotopic (exact) mass is 222 g/mol. The summed E-state index contributed by atoms with van der Waals surface area (Å²) >= 11 is 0. The van der Waals surface area contributed by atoms with Crippen LogP contribution in [0.2, 0.25) is 0 Å². The number of nitro groups is 1. The largest absolute Gasteiger partial charge is 0.497 e. The highest BCUT2D eigenvalue weighted by atomic mass is 16.6. The van der Waals surface area contributed by atoms with Crippen molar-refractivity contribution < 1.29 is 14.8 Å². The predicted molar refractivity (Wildman–Crippen MR) is 54.8 cm³/mol. The molecule has 0 spiro atoms. The van der Waals surface area contributed by atoms with E-state index >= 15 is 0 Å². The number of benzene rings is 1. The molecule has 0 fully saturated rings. The van der Waals surface area contributed by atoms with Gasteiger partial charge in [-0.05, 0) is 12.1 Å². The maximum Gasteiger partial charge on any atom is 0.278 e. The molecule has 0 aliphatic rings. The predicted octanol–water partition coefficient (Wildman–Crippen LogP) is 1.55. The smallest absolute Gasteiger partial charge is 0.278 e. The van der Waals surface area contributed by atoms with Crippen molar-refractivity contribution in [3.8, 4) is 11.8 Å². The van der Waals surface area contributed by atoms with Crippen LogP contribution in [0.5, 0.6) is 5.75 Å². The fraction of sp³-hybridized carbons (Fsp3) is 0.300. The summed E-state index contributed by atoms with van der Waals surface area (Å²) < 4.78 is 4.85. The minimum Gasteiger partial charge on any atom is -0.497 e. The SMILES string of the molecule is COc1ccc(C(O)CC#N)c([N+](=O)[O-])c1. The average molecular weight is 222 g/mol. The summed E-state index contributed by atoms with van der Waals surface area (Å²) in [5.41, 5.74) is -0.130. The topological polar surface area (TPSA) is 96.4 Å². The van der Waals surface area contributed by atoms with Crippen LogP contribution < -0.4 is 4.74 Å². The number of rotatable bonds is 4. The molecule has 6 nitrogen and oxygen atoms in total. The lowest BCUT2D eigenvalue weighted by molar-refractivity contribution is -0.386. The molecule has 1 aromatic carbocycles. The van der Waals surface area contributed by atoms with Gasteiger partial charge in [0.2, 0.25) is 0 Å². The van der Waals surface area contributed by atoms with Crippen molar-refractivity contribution in [2.24, 2.45) is 0 Å². The van der Waals surface area contributed by atoms with Gasteiger partial charge in [0, 0.05) is 0 Å². The Balaban J connectivity index is 3.18. The first-order valence-electron chi connectivity index (χ1n) is 4.47. The van der Waals surface area contributed by atoms with Crippen molar-refractivity contribution in [1.29, 1.82) is 5.26 Å². The number of ether oxygens (including phenoxy) is 1. The van der Waals surface area contributed by atoms with E-state index in [1.54, 1.807) is 6.07 Å². The minimum atomic E-state index is -1.16. The van der Waals surface area contributed by atoms with Crippen molar-refractivity contribution in [1.82, 2.24) is 0 Å². The van der Waals surface area contributed by atoms with Gasteiger partial charge in [0.05, 0.1) is 42.3 Å². The van der Waals surface area contributed by atoms with Crippen molar-refractivity contribution in [2.75, 3.05) is 7.11 Å². The molecule has 0 radical (unpaired) electrons. The normalized spacial score (nSPS) is 11.6. The number of hydrogen-bond acceptors (Lipinski definition) is 5. The number of nitrogens with zero attached hydrogens (tertiary/aromatic N) is 2. The van der Waals surface area contributed by atoms with Gasteiger partial charge >= 0.3 is 0 Å². The van der Waals surface area contributed by atoms with E-state index in [-0.39, 0.29) is 17.7 Å². The van der Waals surface area contributed by atoms with Crippen LogP contribution in [0.15, 0.2) is 18.2 Å². The number of methoxy groups -OCH3 is 1. The van der Waals surface area contributed by atoms with Gasteiger partial charge in [-0.15, -0.1) is 0 Å². The molecule has 1 N–H and O–H groups in total. The van der Waals surface area contributed by atoms with E-state index in [0.29, 0.717) is 5.75 Å². The summed E-state index contributed by atoms with van der Waals surface area (Å²) in [6.45, 7) is 0. The lowest BCUT2D eigenvalue weighted by Gasteiger charge is -2.08. The standard InChI is InChI=1S/C10H10N2O4/c1-16-7-2-3-8(10(13)4-5-11)9(6-7)12(14)15/h2-3,6,10,13H,4H2,1H3.